The van der Waals surface area contributed by atoms with Gasteiger partial charge in [-0.15, -0.1) is 0 Å². The number of aromatic nitrogens is 2. The average Bonchev–Trinajstić information content (AvgIpc) is 2.38. The van der Waals surface area contributed by atoms with E-state index in [2.05, 4.69) is 9.97 Å². The van der Waals surface area contributed by atoms with Gasteiger partial charge in [0.25, 0.3) is 5.88 Å². The minimum Gasteiger partial charge on any atom is -0.475 e. The van der Waals surface area contributed by atoms with Gasteiger partial charge in [-0.3, -0.25) is 0 Å². The lowest BCUT2D eigenvalue weighted by molar-refractivity contribution is -0.272. The van der Waals surface area contributed by atoms with E-state index in [1.54, 1.807) is 14.2 Å². The summed E-state index contributed by atoms with van der Waals surface area (Å²) in [7, 11) is 3.27. The van der Waals surface area contributed by atoms with Gasteiger partial charge in [0.15, 0.2) is 5.79 Å². The van der Waals surface area contributed by atoms with Gasteiger partial charge < -0.3 is 14.2 Å². The van der Waals surface area contributed by atoms with E-state index in [1.165, 1.54) is 12.4 Å². The Morgan fingerprint density at radius 3 is 2.61 bits per heavy atom. The maximum Gasteiger partial charge on any atom is 0.251 e. The van der Waals surface area contributed by atoms with Crippen LogP contribution in [0.1, 0.15) is 18.5 Å². The first-order valence-corrected chi connectivity index (χ1v) is 5.67. The van der Waals surface area contributed by atoms with E-state index in [1.807, 2.05) is 6.07 Å². The molecule has 1 fully saturated rings. The summed E-state index contributed by atoms with van der Waals surface area (Å²) in [5.41, 5.74) is 0.210. The van der Waals surface area contributed by atoms with Crippen LogP contribution in [0.25, 0.3) is 0 Å². The summed E-state index contributed by atoms with van der Waals surface area (Å²) in [6.07, 6.45) is 4.53. The van der Waals surface area contributed by atoms with Gasteiger partial charge in [-0.25, -0.2) is 9.97 Å². The van der Waals surface area contributed by atoms with Gasteiger partial charge in [0.2, 0.25) is 5.69 Å². The molecular formula is C12H15N3O3. The molecule has 0 saturated heterocycles. The van der Waals surface area contributed by atoms with Crippen LogP contribution >= 0.6 is 0 Å². The molecule has 0 amide bonds. The van der Waals surface area contributed by atoms with E-state index in [0.717, 1.165) is 12.8 Å². The number of hydrogen-bond donors (Lipinski definition) is 0. The van der Waals surface area contributed by atoms with Gasteiger partial charge in [-0.05, 0) is 0 Å². The zero-order chi connectivity index (χ0) is 13.0. The fraction of sp³-hybridized carbons (Fsp3) is 0.583. The molecule has 6 nitrogen and oxygen atoms in total. The van der Waals surface area contributed by atoms with E-state index in [4.69, 9.17) is 19.5 Å². The number of hydrogen-bond acceptors (Lipinski definition) is 6. The van der Waals surface area contributed by atoms with Gasteiger partial charge in [-0.1, -0.05) is 0 Å². The lowest BCUT2D eigenvalue weighted by Gasteiger charge is -2.44. The minimum atomic E-state index is -0.464. The maximum atomic E-state index is 8.84. The quantitative estimate of drug-likeness (QED) is 0.728. The predicted octanol–water partition coefficient (Wildman–Crippen LogP) is 1.13. The molecule has 0 aromatic carbocycles. The number of methoxy groups -OCH3 is 2. The maximum absolute atomic E-state index is 8.84. The predicted molar refractivity (Wildman–Crippen MR) is 61.7 cm³/mol. The Morgan fingerprint density at radius 1 is 1.33 bits per heavy atom. The second-order valence-corrected chi connectivity index (χ2v) is 4.23. The highest BCUT2D eigenvalue weighted by Gasteiger charge is 2.45. The topological polar surface area (TPSA) is 77.3 Å². The molecule has 1 heterocycles. The SMILES string of the molecule is COC1(OC)CC(COc2nccnc2C#N)C1. The molecule has 0 unspecified atom stereocenters. The number of nitriles is 1. The zero-order valence-electron chi connectivity index (χ0n) is 10.4. The first-order valence-electron chi connectivity index (χ1n) is 5.67. The summed E-state index contributed by atoms with van der Waals surface area (Å²) >= 11 is 0. The van der Waals surface area contributed by atoms with Crippen molar-refractivity contribution < 1.29 is 14.2 Å². The molecule has 1 aromatic rings. The number of rotatable bonds is 5. The standard InChI is InChI=1S/C12H15N3O3/c1-16-12(17-2)5-9(6-12)8-18-11-10(7-13)14-3-4-15-11/h3-4,9H,5-6,8H2,1-2H3. The van der Waals surface area contributed by atoms with Crippen LogP contribution in [0.4, 0.5) is 0 Å². The van der Waals surface area contributed by atoms with Crippen molar-refractivity contribution >= 4 is 0 Å². The molecule has 1 aliphatic rings. The summed E-state index contributed by atoms with van der Waals surface area (Å²) in [5.74, 6) is 0.167. The number of nitrogens with zero attached hydrogens (tertiary/aromatic N) is 3. The molecular weight excluding hydrogens is 234 g/mol. The van der Waals surface area contributed by atoms with Crippen LogP contribution in [0.5, 0.6) is 5.88 Å². The summed E-state index contributed by atoms with van der Waals surface area (Å²) in [5, 5.41) is 8.84. The lowest BCUT2D eigenvalue weighted by Crippen LogP contribution is -2.49. The third kappa shape index (κ3) is 2.42. The normalized spacial score (nSPS) is 17.8. The Hall–Kier alpha value is -1.71. The van der Waals surface area contributed by atoms with Crippen LogP contribution in [0.2, 0.25) is 0 Å². The molecule has 1 aliphatic carbocycles. The highest BCUT2D eigenvalue weighted by Crippen LogP contribution is 2.41. The first-order chi connectivity index (χ1) is 8.73. The largest absolute Gasteiger partial charge is 0.475 e. The fourth-order valence-corrected chi connectivity index (χ4v) is 2.06. The molecule has 0 aliphatic heterocycles. The highest BCUT2D eigenvalue weighted by molar-refractivity contribution is 5.29. The van der Waals surface area contributed by atoms with Crippen LogP contribution in [0, 0.1) is 17.2 Å². The Labute approximate surface area is 106 Å². The van der Waals surface area contributed by atoms with Gasteiger partial charge in [0, 0.05) is 45.4 Å². The molecule has 96 valence electrons. The van der Waals surface area contributed by atoms with Crippen LogP contribution < -0.4 is 4.74 Å². The summed E-state index contributed by atoms with van der Waals surface area (Å²) < 4.78 is 16.1. The van der Waals surface area contributed by atoms with E-state index >= 15 is 0 Å². The van der Waals surface area contributed by atoms with Gasteiger partial charge in [-0.2, -0.15) is 5.26 Å². The minimum absolute atomic E-state index is 0.210. The molecule has 0 bridgehead atoms. The molecule has 2 rings (SSSR count). The van der Waals surface area contributed by atoms with Crippen LogP contribution in [-0.2, 0) is 9.47 Å². The van der Waals surface area contributed by atoms with Crippen LogP contribution in [-0.4, -0.2) is 36.6 Å². The zero-order valence-corrected chi connectivity index (χ0v) is 10.4. The molecule has 0 N–H and O–H groups in total. The second kappa shape index (κ2) is 5.29. The monoisotopic (exact) mass is 249 g/mol. The van der Waals surface area contributed by atoms with Crippen LogP contribution in [0.3, 0.4) is 0 Å². The molecule has 0 radical (unpaired) electrons. The van der Waals surface area contributed by atoms with Crippen molar-refractivity contribution in [2.75, 3.05) is 20.8 Å². The third-order valence-electron chi connectivity index (χ3n) is 3.17. The summed E-state index contributed by atoms with van der Waals surface area (Å²) in [6.45, 7) is 0.488. The van der Waals surface area contributed by atoms with Crippen LogP contribution in [0.15, 0.2) is 12.4 Å². The molecule has 0 spiro atoms. The van der Waals surface area contributed by atoms with Gasteiger partial charge in [0.05, 0.1) is 6.61 Å². The van der Waals surface area contributed by atoms with E-state index in [-0.39, 0.29) is 11.6 Å². The molecule has 18 heavy (non-hydrogen) atoms. The van der Waals surface area contributed by atoms with Crippen molar-refractivity contribution in [3.05, 3.63) is 18.1 Å². The van der Waals surface area contributed by atoms with Gasteiger partial charge in [0.1, 0.15) is 6.07 Å². The second-order valence-electron chi connectivity index (χ2n) is 4.23. The lowest BCUT2D eigenvalue weighted by atomic mass is 9.79. The van der Waals surface area contributed by atoms with Crippen molar-refractivity contribution in [3.63, 3.8) is 0 Å². The average molecular weight is 249 g/mol. The fourth-order valence-electron chi connectivity index (χ4n) is 2.06. The van der Waals surface area contributed by atoms with Crippen molar-refractivity contribution in [2.45, 2.75) is 18.6 Å². The van der Waals surface area contributed by atoms with E-state index in [9.17, 15) is 0 Å². The molecule has 0 atom stereocenters. The highest BCUT2D eigenvalue weighted by atomic mass is 16.7. The Morgan fingerprint density at radius 2 is 2.00 bits per heavy atom. The smallest absolute Gasteiger partial charge is 0.251 e. The number of ether oxygens (including phenoxy) is 3. The molecule has 1 saturated carbocycles. The van der Waals surface area contributed by atoms with E-state index in [0.29, 0.717) is 12.5 Å². The third-order valence-corrected chi connectivity index (χ3v) is 3.17. The Kier molecular flexibility index (Phi) is 3.75. The van der Waals surface area contributed by atoms with Crippen molar-refractivity contribution in [3.8, 4) is 11.9 Å². The van der Waals surface area contributed by atoms with Crippen molar-refractivity contribution in [1.82, 2.24) is 9.97 Å². The van der Waals surface area contributed by atoms with Crippen molar-refractivity contribution in [1.29, 1.82) is 5.26 Å². The first kappa shape index (κ1) is 12.7. The molecule has 6 heteroatoms. The summed E-state index contributed by atoms with van der Waals surface area (Å²) in [4.78, 5) is 7.87. The molecule has 1 aromatic heterocycles. The summed E-state index contributed by atoms with van der Waals surface area (Å²) in [6, 6.07) is 1.95. The Balaban J connectivity index is 1.86. The van der Waals surface area contributed by atoms with Crippen molar-refractivity contribution in [2.24, 2.45) is 5.92 Å². The van der Waals surface area contributed by atoms with E-state index < -0.39 is 5.79 Å². The Bertz CT molecular complexity index is 446. The van der Waals surface area contributed by atoms with Gasteiger partial charge >= 0.3 is 0 Å².